The van der Waals surface area contributed by atoms with E-state index >= 15 is 0 Å². The second-order valence-corrected chi connectivity index (χ2v) is 6.03. The van der Waals surface area contributed by atoms with Crippen LogP contribution in [0, 0.1) is 0 Å². The van der Waals surface area contributed by atoms with Crippen molar-refractivity contribution in [3.8, 4) is 0 Å². The third-order valence-electron chi connectivity index (χ3n) is 3.98. The minimum absolute atomic E-state index is 0.00578. The number of carbonyl (C=O) groups excluding carboxylic acids is 4. The molecular formula is C18H28O10. The van der Waals surface area contributed by atoms with Gasteiger partial charge in [0.2, 0.25) is 0 Å². The first-order valence-electron chi connectivity index (χ1n) is 9.34. The third kappa shape index (κ3) is 6.75. The summed E-state index contributed by atoms with van der Waals surface area (Å²) in [5.41, 5.74) is 0. The van der Waals surface area contributed by atoms with Crippen LogP contribution in [0.15, 0.2) is 0 Å². The van der Waals surface area contributed by atoms with Crippen molar-refractivity contribution in [3.63, 3.8) is 0 Å². The Hall–Kier alpha value is -2.20. The van der Waals surface area contributed by atoms with Gasteiger partial charge >= 0.3 is 23.9 Å². The molecule has 1 N–H and O–H groups in total. The molecule has 0 aromatic rings. The highest BCUT2D eigenvalue weighted by Gasteiger charge is 2.52. The zero-order valence-corrected chi connectivity index (χ0v) is 16.5. The quantitative estimate of drug-likeness (QED) is 0.430. The Morgan fingerprint density at radius 2 is 1.14 bits per heavy atom. The van der Waals surface area contributed by atoms with Gasteiger partial charge in [0.15, 0.2) is 24.6 Å². The molecule has 0 spiro atoms. The number of aliphatic hydroxyl groups excluding tert-OH is 1. The van der Waals surface area contributed by atoms with Gasteiger partial charge < -0.3 is 28.8 Å². The molecule has 0 aromatic heterocycles. The van der Waals surface area contributed by atoms with Crippen molar-refractivity contribution < 1.29 is 48.0 Å². The molecule has 0 saturated carbocycles. The Morgan fingerprint density at radius 1 is 0.714 bits per heavy atom. The highest BCUT2D eigenvalue weighted by molar-refractivity contribution is 5.71. The molecule has 1 rings (SSSR count). The average molecular weight is 404 g/mol. The summed E-state index contributed by atoms with van der Waals surface area (Å²) in [6.07, 6.45) is -6.62. The Balaban J connectivity index is 3.17. The largest absolute Gasteiger partial charge is 0.463 e. The number of hydrogen-bond acceptors (Lipinski definition) is 10. The van der Waals surface area contributed by atoms with Crippen LogP contribution in [-0.4, -0.2) is 66.3 Å². The van der Waals surface area contributed by atoms with Crippen molar-refractivity contribution in [2.75, 3.05) is 6.61 Å². The first kappa shape index (κ1) is 23.8. The van der Waals surface area contributed by atoms with E-state index in [4.69, 9.17) is 23.7 Å². The summed E-state index contributed by atoms with van der Waals surface area (Å²) in [7, 11) is 0. The predicted molar refractivity (Wildman–Crippen MR) is 92.6 cm³/mol. The first-order valence-corrected chi connectivity index (χ1v) is 9.34. The smallest absolute Gasteiger partial charge is 0.306 e. The number of ether oxygens (including phenoxy) is 5. The summed E-state index contributed by atoms with van der Waals surface area (Å²) in [4.78, 5) is 47.0. The number of esters is 4. The summed E-state index contributed by atoms with van der Waals surface area (Å²) in [5.74, 6) is -2.48. The van der Waals surface area contributed by atoms with E-state index in [1.54, 1.807) is 27.7 Å². The lowest BCUT2D eigenvalue weighted by atomic mass is 9.98. The molecule has 3 unspecified atom stereocenters. The molecule has 1 fully saturated rings. The summed E-state index contributed by atoms with van der Waals surface area (Å²) >= 11 is 0. The molecular weight excluding hydrogens is 376 g/mol. The summed E-state index contributed by atoms with van der Waals surface area (Å²) in [5, 5.41) is 10.3. The lowest BCUT2D eigenvalue weighted by Gasteiger charge is -2.42. The first-order chi connectivity index (χ1) is 13.3. The molecule has 0 aliphatic carbocycles. The number of rotatable bonds is 9. The fourth-order valence-corrected chi connectivity index (χ4v) is 2.41. The average Bonchev–Trinajstić information content (AvgIpc) is 2.69. The van der Waals surface area contributed by atoms with Gasteiger partial charge in [0.1, 0.15) is 12.7 Å². The van der Waals surface area contributed by atoms with Gasteiger partial charge in [-0.25, -0.2) is 0 Å². The highest BCUT2D eigenvalue weighted by atomic mass is 16.7. The predicted octanol–water partition coefficient (Wildman–Crippen LogP) is 0.622. The molecule has 1 aliphatic heterocycles. The molecule has 0 aromatic carbocycles. The van der Waals surface area contributed by atoms with Crippen LogP contribution in [0.2, 0.25) is 0 Å². The van der Waals surface area contributed by atoms with Crippen LogP contribution in [-0.2, 0) is 42.9 Å². The van der Waals surface area contributed by atoms with Crippen molar-refractivity contribution in [2.24, 2.45) is 0 Å². The lowest BCUT2D eigenvalue weighted by Crippen LogP contribution is -2.62. The number of carbonyl (C=O) groups is 4. The molecule has 1 aliphatic rings. The van der Waals surface area contributed by atoms with Crippen molar-refractivity contribution in [1.82, 2.24) is 0 Å². The highest BCUT2D eigenvalue weighted by Crippen LogP contribution is 2.28. The fourth-order valence-electron chi connectivity index (χ4n) is 2.41. The van der Waals surface area contributed by atoms with Gasteiger partial charge in [-0.05, 0) is 0 Å². The van der Waals surface area contributed by atoms with Gasteiger partial charge in [-0.1, -0.05) is 27.7 Å². The molecule has 5 atom stereocenters. The van der Waals surface area contributed by atoms with Crippen LogP contribution in [0.25, 0.3) is 0 Å². The van der Waals surface area contributed by atoms with Crippen LogP contribution < -0.4 is 0 Å². The van der Waals surface area contributed by atoms with E-state index in [2.05, 4.69) is 0 Å². The van der Waals surface area contributed by atoms with Gasteiger partial charge in [0, 0.05) is 25.7 Å². The SMILES string of the molecule is CCC(=O)OC[C@H]1OC(O)C(OC(=O)CC)[C@@H](OC(=O)CC)C1OC(=O)CC. The number of hydrogen-bond donors (Lipinski definition) is 1. The van der Waals surface area contributed by atoms with Crippen molar-refractivity contribution >= 4 is 23.9 Å². The van der Waals surface area contributed by atoms with Crippen LogP contribution >= 0.6 is 0 Å². The van der Waals surface area contributed by atoms with Crippen LogP contribution in [0.3, 0.4) is 0 Å². The molecule has 1 saturated heterocycles. The normalized spacial score (nSPS) is 26.8. The van der Waals surface area contributed by atoms with E-state index in [-0.39, 0.29) is 32.3 Å². The maximum absolute atomic E-state index is 11.9. The van der Waals surface area contributed by atoms with E-state index in [9.17, 15) is 24.3 Å². The van der Waals surface area contributed by atoms with Crippen molar-refractivity contribution in [1.29, 1.82) is 0 Å². The van der Waals surface area contributed by atoms with E-state index in [0.717, 1.165) is 0 Å². The molecule has 28 heavy (non-hydrogen) atoms. The van der Waals surface area contributed by atoms with Crippen molar-refractivity contribution in [2.45, 2.75) is 84.1 Å². The molecule has 0 radical (unpaired) electrons. The molecule has 0 amide bonds. The summed E-state index contributed by atoms with van der Waals surface area (Å²) < 4.78 is 26.2. The lowest BCUT2D eigenvalue weighted by molar-refractivity contribution is -0.297. The van der Waals surface area contributed by atoms with Gasteiger partial charge in [-0.15, -0.1) is 0 Å². The van der Waals surface area contributed by atoms with E-state index in [1.165, 1.54) is 0 Å². The van der Waals surface area contributed by atoms with Crippen LogP contribution in [0.4, 0.5) is 0 Å². The van der Waals surface area contributed by atoms with Gasteiger partial charge in [0.05, 0.1) is 0 Å². The Kier molecular flexibility index (Phi) is 9.88. The molecule has 160 valence electrons. The zero-order valence-electron chi connectivity index (χ0n) is 16.5. The third-order valence-corrected chi connectivity index (χ3v) is 3.98. The number of aliphatic hydroxyl groups is 1. The van der Waals surface area contributed by atoms with Gasteiger partial charge in [-0.2, -0.15) is 0 Å². The molecule has 1 heterocycles. The molecule has 0 bridgehead atoms. The summed E-state index contributed by atoms with van der Waals surface area (Å²) in [6.45, 7) is 5.92. The minimum Gasteiger partial charge on any atom is -0.463 e. The molecule has 10 heteroatoms. The standard InChI is InChI=1S/C18H28O10/c1-5-11(19)24-9-10-15(26-12(20)6-2)16(27-13(21)7-3)17(18(23)25-10)28-14(22)8-4/h10,15-18,23H,5-9H2,1-4H3/t10-,15?,16+,17?,18?/m1/s1. The molecule has 10 nitrogen and oxygen atoms in total. The minimum atomic E-state index is -1.67. The second kappa shape index (κ2) is 11.6. The van der Waals surface area contributed by atoms with E-state index in [0.29, 0.717) is 0 Å². The Bertz CT molecular complexity index is 561. The van der Waals surface area contributed by atoms with Gasteiger partial charge in [0.25, 0.3) is 0 Å². The van der Waals surface area contributed by atoms with E-state index < -0.39 is 54.6 Å². The van der Waals surface area contributed by atoms with E-state index in [1.807, 2.05) is 0 Å². The summed E-state index contributed by atoms with van der Waals surface area (Å²) in [6, 6.07) is 0. The van der Waals surface area contributed by atoms with Crippen molar-refractivity contribution in [3.05, 3.63) is 0 Å². The second-order valence-electron chi connectivity index (χ2n) is 6.03. The maximum Gasteiger partial charge on any atom is 0.306 e. The topological polar surface area (TPSA) is 135 Å². The fraction of sp³-hybridized carbons (Fsp3) is 0.778. The Morgan fingerprint density at radius 3 is 1.61 bits per heavy atom. The zero-order chi connectivity index (χ0) is 21.3. The maximum atomic E-state index is 11.9. The Labute approximate surface area is 163 Å². The monoisotopic (exact) mass is 404 g/mol. The van der Waals surface area contributed by atoms with Crippen LogP contribution in [0.1, 0.15) is 53.4 Å². The van der Waals surface area contributed by atoms with Gasteiger partial charge in [-0.3, -0.25) is 19.2 Å². The van der Waals surface area contributed by atoms with Crippen LogP contribution in [0.5, 0.6) is 0 Å².